The molecule has 2 bridgehead atoms. The van der Waals surface area contributed by atoms with E-state index in [0.29, 0.717) is 23.9 Å². The van der Waals surface area contributed by atoms with Gasteiger partial charge < -0.3 is 10.2 Å². The van der Waals surface area contributed by atoms with Crippen LogP contribution in [0.2, 0.25) is 0 Å². The van der Waals surface area contributed by atoms with Crippen molar-refractivity contribution in [2.45, 2.75) is 70.9 Å². The van der Waals surface area contributed by atoms with E-state index in [1.807, 2.05) is 4.90 Å². The molecule has 1 N–H and O–H groups in total. The summed E-state index contributed by atoms with van der Waals surface area (Å²) in [4.78, 5) is 14.3. The van der Waals surface area contributed by atoms with Crippen molar-refractivity contribution in [1.29, 1.82) is 0 Å². The number of fused-ring (bicyclic) bond motifs is 2. The van der Waals surface area contributed by atoms with E-state index in [9.17, 15) is 4.79 Å². The maximum atomic E-state index is 12.3. The molecule has 0 aromatic rings. The first-order valence-corrected chi connectivity index (χ1v) is 7.76. The van der Waals surface area contributed by atoms with Gasteiger partial charge in [-0.3, -0.25) is 4.79 Å². The minimum Gasteiger partial charge on any atom is -0.343 e. The maximum absolute atomic E-state index is 12.3. The Hall–Kier alpha value is -0.570. The molecule has 3 heteroatoms. The van der Waals surface area contributed by atoms with Gasteiger partial charge in [-0.25, -0.2) is 0 Å². The maximum Gasteiger partial charge on any atom is 0.222 e. The van der Waals surface area contributed by atoms with Crippen LogP contribution in [-0.2, 0) is 4.79 Å². The third-order valence-electron chi connectivity index (χ3n) is 4.55. The molecule has 0 aromatic carbocycles. The Bertz CT molecular complexity index is 268. The fourth-order valence-corrected chi connectivity index (χ4v) is 3.53. The topological polar surface area (TPSA) is 32.3 Å². The van der Waals surface area contributed by atoms with Crippen molar-refractivity contribution in [3.05, 3.63) is 0 Å². The Labute approximate surface area is 111 Å². The summed E-state index contributed by atoms with van der Waals surface area (Å²) in [5.41, 5.74) is 0. The molecule has 0 spiro atoms. The van der Waals surface area contributed by atoms with Crippen molar-refractivity contribution >= 4 is 5.91 Å². The van der Waals surface area contributed by atoms with Gasteiger partial charge in [-0.1, -0.05) is 13.3 Å². The smallest absolute Gasteiger partial charge is 0.222 e. The second kappa shape index (κ2) is 6.55. The number of carbonyl (C=O) groups excluding carboxylic acids is 1. The molecule has 2 heterocycles. The van der Waals surface area contributed by atoms with Gasteiger partial charge in [-0.15, -0.1) is 0 Å². The first kappa shape index (κ1) is 13.9. The highest BCUT2D eigenvalue weighted by Crippen LogP contribution is 2.32. The average Bonchev–Trinajstić information content (AvgIpc) is 2.70. The number of hydrogen-bond donors (Lipinski definition) is 1. The van der Waals surface area contributed by atoms with Crippen LogP contribution in [0, 0.1) is 5.92 Å². The fraction of sp³-hybridized carbons (Fsp3) is 0.933. The summed E-state index contributed by atoms with van der Waals surface area (Å²) in [5.74, 6) is 1.02. The van der Waals surface area contributed by atoms with E-state index in [0.717, 1.165) is 25.9 Å². The molecule has 0 aromatic heterocycles. The Morgan fingerprint density at radius 3 is 2.44 bits per heavy atom. The number of unbranched alkanes of at least 4 members (excludes halogenated alkanes) is 1. The Morgan fingerprint density at radius 1 is 1.22 bits per heavy atom. The molecule has 1 amide bonds. The first-order chi connectivity index (χ1) is 8.72. The Morgan fingerprint density at radius 2 is 1.89 bits per heavy atom. The SMILES string of the molecule is CCCCN(CC)C(=O)CC1CC2CCC(C1)N2. The Balaban J connectivity index is 1.79. The van der Waals surface area contributed by atoms with Crippen molar-refractivity contribution in [2.24, 2.45) is 5.92 Å². The molecule has 0 saturated carbocycles. The zero-order valence-corrected chi connectivity index (χ0v) is 12.0. The van der Waals surface area contributed by atoms with Crippen LogP contribution in [0.25, 0.3) is 0 Å². The predicted molar refractivity (Wildman–Crippen MR) is 74.4 cm³/mol. The largest absolute Gasteiger partial charge is 0.343 e. The van der Waals surface area contributed by atoms with Crippen molar-refractivity contribution in [2.75, 3.05) is 13.1 Å². The standard InChI is InChI=1S/C15H28N2O/c1-3-5-8-17(4-2)15(18)11-12-9-13-6-7-14(10-12)16-13/h12-14,16H,3-11H2,1-2H3. The molecule has 2 atom stereocenters. The molecule has 0 radical (unpaired) electrons. The van der Waals surface area contributed by atoms with E-state index >= 15 is 0 Å². The fourth-order valence-electron chi connectivity index (χ4n) is 3.53. The molecular weight excluding hydrogens is 224 g/mol. The second-order valence-electron chi connectivity index (χ2n) is 6.01. The normalized spacial score (nSPS) is 30.4. The summed E-state index contributed by atoms with van der Waals surface area (Å²) in [7, 11) is 0. The van der Waals surface area contributed by atoms with Gasteiger partial charge in [0, 0.05) is 31.6 Å². The monoisotopic (exact) mass is 252 g/mol. The zero-order valence-electron chi connectivity index (χ0n) is 12.0. The summed E-state index contributed by atoms with van der Waals surface area (Å²) in [6, 6.07) is 1.40. The molecule has 2 saturated heterocycles. The predicted octanol–water partition coefficient (Wildman–Crippen LogP) is 2.56. The molecule has 0 aliphatic carbocycles. The van der Waals surface area contributed by atoms with Gasteiger partial charge in [0.15, 0.2) is 0 Å². The number of rotatable bonds is 6. The Kier molecular flexibility index (Phi) is 5.04. The zero-order chi connectivity index (χ0) is 13.0. The van der Waals surface area contributed by atoms with E-state index in [4.69, 9.17) is 0 Å². The van der Waals surface area contributed by atoms with E-state index in [-0.39, 0.29) is 0 Å². The van der Waals surface area contributed by atoms with Gasteiger partial charge in [0.05, 0.1) is 0 Å². The first-order valence-electron chi connectivity index (χ1n) is 7.76. The lowest BCUT2D eigenvalue weighted by atomic mass is 9.89. The number of carbonyl (C=O) groups is 1. The molecular formula is C15H28N2O. The van der Waals surface area contributed by atoms with Gasteiger partial charge in [0.25, 0.3) is 0 Å². The highest BCUT2D eigenvalue weighted by molar-refractivity contribution is 5.76. The van der Waals surface area contributed by atoms with Crippen LogP contribution in [-0.4, -0.2) is 36.0 Å². The summed E-state index contributed by atoms with van der Waals surface area (Å²) in [6.07, 6.45) is 8.16. The average molecular weight is 252 g/mol. The number of hydrogen-bond acceptors (Lipinski definition) is 2. The van der Waals surface area contributed by atoms with Gasteiger partial charge in [0.2, 0.25) is 5.91 Å². The van der Waals surface area contributed by atoms with E-state index in [1.165, 1.54) is 32.1 Å². The molecule has 104 valence electrons. The van der Waals surface area contributed by atoms with Gasteiger partial charge >= 0.3 is 0 Å². The van der Waals surface area contributed by atoms with Crippen LogP contribution in [0.5, 0.6) is 0 Å². The lowest BCUT2D eigenvalue weighted by Gasteiger charge is -2.30. The van der Waals surface area contributed by atoms with Crippen LogP contribution >= 0.6 is 0 Å². The number of piperidine rings is 1. The van der Waals surface area contributed by atoms with Crippen LogP contribution in [0.15, 0.2) is 0 Å². The van der Waals surface area contributed by atoms with Crippen LogP contribution in [0.3, 0.4) is 0 Å². The van der Waals surface area contributed by atoms with Crippen LogP contribution in [0.1, 0.15) is 58.8 Å². The second-order valence-corrected chi connectivity index (χ2v) is 6.01. The molecule has 2 aliphatic heterocycles. The minimum atomic E-state index is 0.386. The lowest BCUT2D eigenvalue weighted by molar-refractivity contribution is -0.132. The highest BCUT2D eigenvalue weighted by atomic mass is 16.2. The summed E-state index contributed by atoms with van der Waals surface area (Å²) in [6.45, 7) is 6.10. The molecule has 2 fully saturated rings. The molecule has 2 unspecified atom stereocenters. The van der Waals surface area contributed by atoms with E-state index in [1.54, 1.807) is 0 Å². The van der Waals surface area contributed by atoms with Crippen molar-refractivity contribution in [3.8, 4) is 0 Å². The molecule has 18 heavy (non-hydrogen) atoms. The van der Waals surface area contributed by atoms with Crippen molar-refractivity contribution in [1.82, 2.24) is 10.2 Å². The third kappa shape index (κ3) is 3.47. The number of nitrogens with one attached hydrogen (secondary N) is 1. The lowest BCUT2D eigenvalue weighted by Crippen LogP contribution is -2.40. The van der Waals surface area contributed by atoms with E-state index in [2.05, 4.69) is 19.2 Å². The summed E-state index contributed by atoms with van der Waals surface area (Å²) < 4.78 is 0. The molecule has 2 rings (SSSR count). The van der Waals surface area contributed by atoms with Crippen LogP contribution in [0.4, 0.5) is 0 Å². The van der Waals surface area contributed by atoms with Gasteiger partial charge in [-0.2, -0.15) is 0 Å². The van der Waals surface area contributed by atoms with Gasteiger partial charge in [-0.05, 0) is 44.9 Å². The van der Waals surface area contributed by atoms with E-state index < -0.39 is 0 Å². The summed E-state index contributed by atoms with van der Waals surface area (Å²) in [5, 5.41) is 3.65. The quantitative estimate of drug-likeness (QED) is 0.788. The number of nitrogens with zero attached hydrogens (tertiary/aromatic N) is 1. The highest BCUT2D eigenvalue weighted by Gasteiger charge is 2.34. The van der Waals surface area contributed by atoms with Crippen molar-refractivity contribution < 1.29 is 4.79 Å². The molecule has 3 nitrogen and oxygen atoms in total. The number of amides is 1. The third-order valence-corrected chi connectivity index (χ3v) is 4.55. The van der Waals surface area contributed by atoms with Gasteiger partial charge in [0.1, 0.15) is 0 Å². The van der Waals surface area contributed by atoms with Crippen molar-refractivity contribution in [3.63, 3.8) is 0 Å². The molecule has 2 aliphatic rings. The minimum absolute atomic E-state index is 0.386. The van der Waals surface area contributed by atoms with Crippen LogP contribution < -0.4 is 5.32 Å². The summed E-state index contributed by atoms with van der Waals surface area (Å²) >= 11 is 0.